The fraction of sp³-hybridized carbons (Fsp3) is 0.400. The van der Waals surface area contributed by atoms with E-state index in [1.54, 1.807) is 7.05 Å². The largest absolute Gasteiger partial charge is 0.352 e. The Morgan fingerprint density at radius 2 is 1.81 bits per heavy atom. The number of aryl methyl sites for hydroxylation is 1. The summed E-state index contributed by atoms with van der Waals surface area (Å²) in [5.74, 6) is 0.720. The topological polar surface area (TPSA) is 65.5 Å². The van der Waals surface area contributed by atoms with Crippen LogP contribution in [-0.2, 0) is 19.5 Å². The van der Waals surface area contributed by atoms with Crippen molar-refractivity contribution in [1.82, 2.24) is 16.0 Å². The molecule has 0 unspecified atom stereocenters. The smallest absolute Gasteiger partial charge is 0.251 e. The minimum Gasteiger partial charge on any atom is -0.352 e. The van der Waals surface area contributed by atoms with Crippen molar-refractivity contribution in [3.8, 4) is 0 Å². The predicted molar refractivity (Wildman–Crippen MR) is 110 cm³/mol. The Balaban J connectivity index is 1.86. The molecule has 3 N–H and O–H groups in total. The van der Waals surface area contributed by atoms with Gasteiger partial charge in [0.25, 0.3) is 5.91 Å². The maximum atomic E-state index is 12.1. The zero-order valence-electron chi connectivity index (χ0n) is 15.8. The van der Waals surface area contributed by atoms with Crippen LogP contribution in [0.25, 0.3) is 0 Å². The molecule has 5 nitrogen and oxygen atoms in total. The maximum Gasteiger partial charge on any atom is 0.251 e. The molecule has 0 radical (unpaired) electrons. The first-order chi connectivity index (χ1) is 12.7. The normalized spacial score (nSPS) is 11.3. The number of hydrogen-bond acceptors (Lipinski definition) is 3. The Hall–Kier alpha value is -2.34. The highest BCUT2D eigenvalue weighted by Crippen LogP contribution is 2.16. The number of nitrogens with zero attached hydrogens (tertiary/aromatic N) is 1. The average Bonchev–Trinajstić information content (AvgIpc) is 3.14. The predicted octanol–water partition coefficient (Wildman–Crippen LogP) is 3.32. The lowest BCUT2D eigenvalue weighted by atomic mass is 10.1. The number of benzene rings is 1. The number of carbonyl (C=O) groups is 1. The molecule has 1 aromatic carbocycles. The molecule has 0 atom stereocenters. The molecule has 140 valence electrons. The first-order valence-corrected chi connectivity index (χ1v) is 9.87. The highest BCUT2D eigenvalue weighted by atomic mass is 32.1. The first-order valence-electron chi connectivity index (χ1n) is 9.05. The molecule has 1 amide bonds. The van der Waals surface area contributed by atoms with Crippen LogP contribution in [0, 0.1) is 0 Å². The van der Waals surface area contributed by atoms with E-state index in [-0.39, 0.29) is 5.91 Å². The number of nitrogens with one attached hydrogen (secondary N) is 3. The molecule has 0 aliphatic heterocycles. The van der Waals surface area contributed by atoms with E-state index < -0.39 is 0 Å². The van der Waals surface area contributed by atoms with Gasteiger partial charge in [0.05, 0.1) is 6.54 Å². The van der Waals surface area contributed by atoms with Crippen LogP contribution in [0.3, 0.4) is 0 Å². The molecule has 26 heavy (non-hydrogen) atoms. The van der Waals surface area contributed by atoms with Crippen LogP contribution in [0.4, 0.5) is 0 Å². The lowest BCUT2D eigenvalue weighted by Crippen LogP contribution is -2.36. The van der Waals surface area contributed by atoms with Crippen LogP contribution < -0.4 is 16.0 Å². The summed E-state index contributed by atoms with van der Waals surface area (Å²) in [6.45, 7) is 6.27. The third kappa shape index (κ3) is 6.19. The molecule has 6 heteroatoms. The molecule has 2 aromatic rings. The van der Waals surface area contributed by atoms with E-state index in [0.29, 0.717) is 18.7 Å². The molecule has 0 saturated heterocycles. The van der Waals surface area contributed by atoms with Gasteiger partial charge >= 0.3 is 0 Å². The van der Waals surface area contributed by atoms with E-state index in [1.807, 2.05) is 42.5 Å². The van der Waals surface area contributed by atoms with Gasteiger partial charge in [-0.15, -0.1) is 11.3 Å². The van der Waals surface area contributed by atoms with E-state index in [4.69, 9.17) is 0 Å². The van der Waals surface area contributed by atoms with Crippen molar-refractivity contribution in [2.24, 2.45) is 4.99 Å². The van der Waals surface area contributed by atoms with E-state index in [2.05, 4.69) is 40.0 Å². The number of amides is 1. The number of rotatable bonds is 8. The quantitative estimate of drug-likeness (QED) is 0.492. The Morgan fingerprint density at radius 1 is 1.04 bits per heavy atom. The number of carbonyl (C=O) groups excluding carboxylic acids is 1. The number of aliphatic imine (C=N–C) groups is 1. The van der Waals surface area contributed by atoms with Crippen molar-refractivity contribution in [1.29, 1.82) is 0 Å². The minimum atomic E-state index is -0.0272. The third-order valence-corrected chi connectivity index (χ3v) is 5.13. The van der Waals surface area contributed by atoms with Gasteiger partial charge in [0.15, 0.2) is 5.96 Å². The van der Waals surface area contributed by atoms with Gasteiger partial charge in [0, 0.05) is 35.5 Å². The van der Waals surface area contributed by atoms with Crippen molar-refractivity contribution >= 4 is 23.2 Å². The molecule has 0 aliphatic carbocycles. The van der Waals surface area contributed by atoms with Crippen molar-refractivity contribution in [3.05, 3.63) is 57.3 Å². The molecule has 1 aromatic heterocycles. The number of guanidine groups is 1. The van der Waals surface area contributed by atoms with Crippen molar-refractivity contribution in [2.45, 2.75) is 39.8 Å². The van der Waals surface area contributed by atoms with Crippen LogP contribution in [0.2, 0.25) is 0 Å². The minimum absolute atomic E-state index is 0.0272. The summed E-state index contributed by atoms with van der Waals surface area (Å²) < 4.78 is 0. The van der Waals surface area contributed by atoms with Gasteiger partial charge in [-0.25, -0.2) is 0 Å². The fourth-order valence-electron chi connectivity index (χ4n) is 2.45. The highest BCUT2D eigenvalue weighted by molar-refractivity contribution is 7.11. The standard InChI is InChI=1S/C20H28N4OS/c1-4-11-22-19(25)16-8-6-7-15(12-16)13-23-20(21-3)24-14-18-10-9-17(5-2)26-18/h6-10,12H,4-5,11,13-14H2,1-3H3,(H,22,25)(H2,21,23,24). The average molecular weight is 373 g/mol. The summed E-state index contributed by atoms with van der Waals surface area (Å²) in [5, 5.41) is 9.53. The fourth-order valence-corrected chi connectivity index (χ4v) is 3.35. The summed E-state index contributed by atoms with van der Waals surface area (Å²) in [7, 11) is 1.76. The Labute approximate surface area is 159 Å². The van der Waals surface area contributed by atoms with Crippen molar-refractivity contribution in [2.75, 3.05) is 13.6 Å². The Kier molecular flexibility index (Phi) is 8.15. The molecule has 0 saturated carbocycles. The molecule has 0 bridgehead atoms. The summed E-state index contributed by atoms with van der Waals surface area (Å²) in [6.07, 6.45) is 2.00. The van der Waals surface area contributed by atoms with Gasteiger partial charge in [0.2, 0.25) is 0 Å². The zero-order valence-corrected chi connectivity index (χ0v) is 16.6. The van der Waals surface area contributed by atoms with Gasteiger partial charge < -0.3 is 16.0 Å². The lowest BCUT2D eigenvalue weighted by Gasteiger charge is -2.12. The van der Waals surface area contributed by atoms with E-state index in [9.17, 15) is 4.79 Å². The van der Waals surface area contributed by atoms with Crippen LogP contribution >= 0.6 is 11.3 Å². The molecule has 1 heterocycles. The zero-order chi connectivity index (χ0) is 18.8. The Morgan fingerprint density at radius 3 is 2.50 bits per heavy atom. The van der Waals surface area contributed by atoms with E-state index in [0.717, 1.165) is 30.9 Å². The van der Waals surface area contributed by atoms with Gasteiger partial charge in [-0.2, -0.15) is 0 Å². The monoisotopic (exact) mass is 372 g/mol. The summed E-state index contributed by atoms with van der Waals surface area (Å²) >= 11 is 1.82. The molecule has 0 aliphatic rings. The van der Waals surface area contributed by atoms with Crippen LogP contribution in [-0.4, -0.2) is 25.5 Å². The summed E-state index contributed by atoms with van der Waals surface area (Å²) in [6, 6.07) is 12.0. The maximum absolute atomic E-state index is 12.1. The van der Waals surface area contributed by atoms with Gasteiger partial charge in [-0.05, 0) is 42.7 Å². The number of hydrogen-bond donors (Lipinski definition) is 3. The van der Waals surface area contributed by atoms with E-state index in [1.165, 1.54) is 9.75 Å². The second kappa shape index (κ2) is 10.6. The van der Waals surface area contributed by atoms with Gasteiger partial charge in [0.1, 0.15) is 0 Å². The highest BCUT2D eigenvalue weighted by Gasteiger charge is 2.06. The second-order valence-corrected chi connectivity index (χ2v) is 7.21. The van der Waals surface area contributed by atoms with Crippen LogP contribution in [0.15, 0.2) is 41.4 Å². The first kappa shape index (κ1) is 20.0. The molecule has 0 spiro atoms. The SMILES string of the molecule is CCCNC(=O)c1cccc(CNC(=NC)NCc2ccc(CC)s2)c1. The van der Waals surface area contributed by atoms with Crippen LogP contribution in [0.5, 0.6) is 0 Å². The van der Waals surface area contributed by atoms with Gasteiger partial charge in [-0.3, -0.25) is 9.79 Å². The molecule has 2 rings (SSSR count). The van der Waals surface area contributed by atoms with Gasteiger partial charge in [-0.1, -0.05) is 26.0 Å². The summed E-state index contributed by atoms with van der Waals surface area (Å²) in [4.78, 5) is 19.0. The third-order valence-electron chi connectivity index (χ3n) is 3.90. The van der Waals surface area contributed by atoms with Crippen LogP contribution in [0.1, 0.15) is 45.9 Å². The van der Waals surface area contributed by atoms with Crippen molar-refractivity contribution < 1.29 is 4.79 Å². The molecule has 0 fully saturated rings. The summed E-state index contributed by atoms with van der Waals surface area (Å²) in [5.41, 5.74) is 1.73. The second-order valence-electron chi connectivity index (χ2n) is 5.96. The lowest BCUT2D eigenvalue weighted by molar-refractivity contribution is 0.0953. The van der Waals surface area contributed by atoms with Crippen molar-refractivity contribution in [3.63, 3.8) is 0 Å². The number of thiophene rings is 1. The molecular formula is C20H28N4OS. The molecular weight excluding hydrogens is 344 g/mol. The Bertz CT molecular complexity index is 739. The van der Waals surface area contributed by atoms with E-state index >= 15 is 0 Å².